The predicted octanol–water partition coefficient (Wildman–Crippen LogP) is 2.36. The predicted molar refractivity (Wildman–Crippen MR) is 86.6 cm³/mol. The summed E-state index contributed by atoms with van der Waals surface area (Å²) in [5.41, 5.74) is 6.79. The normalized spacial score (nSPS) is 12.4. The maximum absolute atomic E-state index is 12.0. The van der Waals surface area contributed by atoms with Crippen LogP contribution in [0.2, 0.25) is 0 Å². The van der Waals surface area contributed by atoms with E-state index >= 15 is 0 Å². The molecule has 6 nitrogen and oxygen atoms in total. The van der Waals surface area contributed by atoms with Crippen LogP contribution in [0.25, 0.3) is 15.2 Å². The van der Waals surface area contributed by atoms with Crippen molar-refractivity contribution in [1.82, 2.24) is 14.6 Å². The van der Waals surface area contributed by atoms with Gasteiger partial charge in [0.25, 0.3) is 0 Å². The van der Waals surface area contributed by atoms with Gasteiger partial charge in [0.05, 0.1) is 16.0 Å². The minimum atomic E-state index is -0.302. The first kappa shape index (κ1) is 14.6. The molecule has 0 aliphatic rings. The smallest absolute Gasteiger partial charge is 0.217 e. The highest BCUT2D eigenvalue weighted by Crippen LogP contribution is 2.29. The average Bonchev–Trinajstić information content (AvgIpc) is 3.04. The summed E-state index contributed by atoms with van der Waals surface area (Å²) in [4.78, 5) is 12.8. The summed E-state index contributed by atoms with van der Waals surface area (Å²) >= 11 is 2.79. The van der Waals surface area contributed by atoms with Gasteiger partial charge in [0, 0.05) is 5.70 Å². The van der Waals surface area contributed by atoms with Gasteiger partial charge in [0.1, 0.15) is 11.6 Å². The fourth-order valence-electron chi connectivity index (χ4n) is 2.02. The number of allylic oxidation sites excluding steroid dienone is 2. The minimum Gasteiger partial charge on any atom is -0.401 e. The summed E-state index contributed by atoms with van der Waals surface area (Å²) in [5.74, 6) is -0.202. The van der Waals surface area contributed by atoms with Gasteiger partial charge in [-0.1, -0.05) is 35.2 Å². The Morgan fingerprint density at radius 3 is 2.95 bits per heavy atom. The summed E-state index contributed by atoms with van der Waals surface area (Å²) in [5, 5.41) is 17.8. The van der Waals surface area contributed by atoms with Crippen molar-refractivity contribution < 1.29 is 4.79 Å². The zero-order chi connectivity index (χ0) is 15.7. The first-order chi connectivity index (χ1) is 10.6. The molecule has 22 heavy (non-hydrogen) atoms. The molecule has 0 bridgehead atoms. The number of hydrogen-bond acceptors (Lipinski definition) is 7. The van der Waals surface area contributed by atoms with Gasteiger partial charge in [0.15, 0.2) is 10.9 Å². The monoisotopic (exact) mass is 329 g/mol. The zero-order valence-electron chi connectivity index (χ0n) is 11.6. The van der Waals surface area contributed by atoms with Gasteiger partial charge in [-0.3, -0.25) is 9.20 Å². The molecule has 0 aliphatic carbocycles. The molecule has 0 spiro atoms. The lowest BCUT2D eigenvalue weighted by atomic mass is 10.2. The van der Waals surface area contributed by atoms with E-state index in [1.165, 1.54) is 11.8 Å². The Hall–Kier alpha value is -2.37. The van der Waals surface area contributed by atoms with Crippen LogP contribution in [0.3, 0.4) is 0 Å². The van der Waals surface area contributed by atoms with Gasteiger partial charge in [-0.2, -0.15) is 5.26 Å². The van der Waals surface area contributed by atoms with Crippen LogP contribution in [0.5, 0.6) is 0 Å². The number of ketones is 1. The van der Waals surface area contributed by atoms with Gasteiger partial charge in [-0.25, -0.2) is 0 Å². The molecule has 0 saturated heterocycles. The van der Waals surface area contributed by atoms with Crippen LogP contribution in [0.1, 0.15) is 6.92 Å². The topological polar surface area (TPSA) is 97.1 Å². The number of thioether (sulfide) groups is 1. The molecule has 2 N–H and O–H groups in total. The van der Waals surface area contributed by atoms with Crippen LogP contribution in [0.15, 0.2) is 40.7 Å². The SMILES string of the molecule is CC(N)=C(C#N)C(=O)CSc1nnc2sc3ccccc3n12. The molecular formula is C14H11N5OS2. The maximum atomic E-state index is 12.0. The number of benzene rings is 1. The standard InChI is InChI=1S/C14H11N5OS2/c1-8(16)9(6-15)11(20)7-21-13-17-18-14-19(13)10-4-2-3-5-12(10)22-14/h2-5H,7,16H2,1H3. The lowest BCUT2D eigenvalue weighted by molar-refractivity contribution is -0.112. The van der Waals surface area contributed by atoms with Gasteiger partial charge < -0.3 is 5.73 Å². The number of carbonyl (C=O) groups is 1. The summed E-state index contributed by atoms with van der Waals surface area (Å²) in [6.07, 6.45) is 0. The second-order valence-corrected chi connectivity index (χ2v) is 6.50. The Kier molecular flexibility index (Phi) is 3.83. The van der Waals surface area contributed by atoms with E-state index in [1.807, 2.05) is 34.7 Å². The number of hydrogen-bond donors (Lipinski definition) is 1. The van der Waals surface area contributed by atoms with Crippen LogP contribution >= 0.6 is 23.1 Å². The Morgan fingerprint density at radius 1 is 1.45 bits per heavy atom. The molecular weight excluding hydrogens is 318 g/mol. The van der Waals surface area contributed by atoms with E-state index in [1.54, 1.807) is 18.3 Å². The fourth-order valence-corrected chi connectivity index (χ4v) is 3.86. The van der Waals surface area contributed by atoms with Crippen LogP contribution < -0.4 is 5.73 Å². The number of aromatic nitrogens is 3. The number of rotatable bonds is 4. The van der Waals surface area contributed by atoms with Crippen molar-refractivity contribution in [3.05, 3.63) is 35.5 Å². The summed E-state index contributed by atoms with van der Waals surface area (Å²) < 4.78 is 3.03. The first-order valence-corrected chi connectivity index (χ1v) is 8.17. The highest BCUT2D eigenvalue weighted by atomic mass is 32.2. The van der Waals surface area contributed by atoms with Crippen molar-refractivity contribution in [1.29, 1.82) is 5.26 Å². The quantitative estimate of drug-likeness (QED) is 0.448. The number of carbonyl (C=O) groups excluding carboxylic acids is 1. The maximum Gasteiger partial charge on any atom is 0.217 e. The third-order valence-electron chi connectivity index (χ3n) is 3.03. The van der Waals surface area contributed by atoms with E-state index in [2.05, 4.69) is 10.2 Å². The van der Waals surface area contributed by atoms with Crippen molar-refractivity contribution in [2.75, 3.05) is 5.75 Å². The molecule has 0 saturated carbocycles. The number of nitrogens with two attached hydrogens (primary N) is 1. The van der Waals surface area contributed by atoms with E-state index in [9.17, 15) is 4.79 Å². The molecule has 0 fully saturated rings. The molecule has 8 heteroatoms. The molecule has 110 valence electrons. The molecule has 2 aromatic heterocycles. The Balaban J connectivity index is 1.91. The Morgan fingerprint density at radius 2 is 2.23 bits per heavy atom. The number of nitrogens with zero attached hydrogens (tertiary/aromatic N) is 4. The van der Waals surface area contributed by atoms with Crippen LogP contribution in [0.4, 0.5) is 0 Å². The summed E-state index contributed by atoms with van der Waals surface area (Å²) in [6, 6.07) is 9.76. The number of Topliss-reactive ketones (excluding diaryl/α,β-unsaturated/α-hetero) is 1. The third-order valence-corrected chi connectivity index (χ3v) is 4.97. The molecule has 0 amide bonds. The lowest BCUT2D eigenvalue weighted by Gasteiger charge is -2.00. The van der Waals surface area contributed by atoms with Crippen molar-refractivity contribution in [2.24, 2.45) is 5.73 Å². The molecule has 0 atom stereocenters. The first-order valence-electron chi connectivity index (χ1n) is 6.37. The molecule has 0 unspecified atom stereocenters. The van der Waals surface area contributed by atoms with E-state index in [0.717, 1.165) is 15.2 Å². The fraction of sp³-hybridized carbons (Fsp3) is 0.143. The largest absolute Gasteiger partial charge is 0.401 e. The van der Waals surface area contributed by atoms with E-state index in [0.29, 0.717) is 5.16 Å². The lowest BCUT2D eigenvalue weighted by Crippen LogP contribution is -2.10. The van der Waals surface area contributed by atoms with Crippen molar-refractivity contribution in [2.45, 2.75) is 12.1 Å². The van der Waals surface area contributed by atoms with E-state index in [-0.39, 0.29) is 22.8 Å². The molecule has 2 heterocycles. The molecule has 0 aliphatic heterocycles. The zero-order valence-corrected chi connectivity index (χ0v) is 13.2. The van der Waals surface area contributed by atoms with Crippen LogP contribution in [-0.4, -0.2) is 26.1 Å². The third kappa shape index (κ3) is 2.45. The number of thiazole rings is 1. The van der Waals surface area contributed by atoms with Crippen molar-refractivity contribution in [3.63, 3.8) is 0 Å². The second kappa shape index (κ2) is 5.79. The highest BCUT2D eigenvalue weighted by molar-refractivity contribution is 7.99. The molecule has 0 radical (unpaired) electrons. The van der Waals surface area contributed by atoms with E-state index < -0.39 is 0 Å². The average molecular weight is 329 g/mol. The van der Waals surface area contributed by atoms with Gasteiger partial charge >= 0.3 is 0 Å². The summed E-state index contributed by atoms with van der Waals surface area (Å²) in [7, 11) is 0. The number of para-hydroxylation sites is 1. The van der Waals surface area contributed by atoms with Crippen molar-refractivity contribution in [3.8, 4) is 6.07 Å². The number of fused-ring (bicyclic) bond motifs is 3. The van der Waals surface area contributed by atoms with Gasteiger partial charge in [-0.15, -0.1) is 10.2 Å². The minimum absolute atomic E-state index is 0.00318. The van der Waals surface area contributed by atoms with Crippen LogP contribution in [0, 0.1) is 11.3 Å². The summed E-state index contributed by atoms with van der Waals surface area (Å²) in [6.45, 7) is 1.54. The highest BCUT2D eigenvalue weighted by Gasteiger charge is 2.16. The Bertz CT molecular complexity index is 943. The van der Waals surface area contributed by atoms with E-state index in [4.69, 9.17) is 11.0 Å². The number of nitriles is 1. The van der Waals surface area contributed by atoms with Gasteiger partial charge in [-0.05, 0) is 19.1 Å². The van der Waals surface area contributed by atoms with Crippen LogP contribution in [-0.2, 0) is 4.79 Å². The Labute approximate surface area is 134 Å². The second-order valence-electron chi connectivity index (χ2n) is 4.55. The van der Waals surface area contributed by atoms with Crippen molar-refractivity contribution >= 4 is 44.1 Å². The molecule has 3 rings (SSSR count). The molecule has 3 aromatic rings. The molecule has 1 aromatic carbocycles. The van der Waals surface area contributed by atoms with Gasteiger partial charge in [0.2, 0.25) is 4.96 Å².